The van der Waals surface area contributed by atoms with E-state index >= 15 is 0 Å². The molecule has 0 radical (unpaired) electrons. The van der Waals surface area contributed by atoms with Gasteiger partial charge in [-0.15, -0.1) is 0 Å². The molecule has 0 saturated heterocycles. The molecule has 11 heavy (non-hydrogen) atoms. The van der Waals surface area contributed by atoms with E-state index in [1.54, 1.807) is 0 Å². The van der Waals surface area contributed by atoms with Crippen LogP contribution in [0, 0.1) is 0 Å². The lowest BCUT2D eigenvalue weighted by molar-refractivity contribution is -0.114. The SMILES string of the molecule is O=C1CC=C2C=CC=CC=C12. The highest BCUT2D eigenvalue weighted by atomic mass is 16.1. The van der Waals surface area contributed by atoms with E-state index in [4.69, 9.17) is 0 Å². The summed E-state index contributed by atoms with van der Waals surface area (Å²) in [6.45, 7) is 0. The Morgan fingerprint density at radius 1 is 1.18 bits per heavy atom. The fourth-order valence-corrected chi connectivity index (χ4v) is 1.31. The van der Waals surface area contributed by atoms with Crippen molar-refractivity contribution in [3.8, 4) is 0 Å². The monoisotopic (exact) mass is 144 g/mol. The summed E-state index contributed by atoms with van der Waals surface area (Å²) >= 11 is 0. The van der Waals surface area contributed by atoms with Crippen LogP contribution >= 0.6 is 0 Å². The van der Waals surface area contributed by atoms with E-state index in [2.05, 4.69) is 0 Å². The maximum atomic E-state index is 11.2. The minimum absolute atomic E-state index is 0.233. The Kier molecular flexibility index (Phi) is 1.35. The predicted octanol–water partition coefficient (Wildman–Crippen LogP) is 1.94. The van der Waals surface area contributed by atoms with Crippen molar-refractivity contribution in [2.45, 2.75) is 6.42 Å². The normalized spacial score (nSPS) is 20.9. The molecule has 2 rings (SSSR count). The number of hydrogen-bond acceptors (Lipinski definition) is 1. The molecule has 1 heteroatoms. The van der Waals surface area contributed by atoms with Gasteiger partial charge in [0.05, 0.1) is 0 Å². The topological polar surface area (TPSA) is 17.1 Å². The van der Waals surface area contributed by atoms with Crippen LogP contribution in [0.15, 0.2) is 47.6 Å². The molecule has 54 valence electrons. The van der Waals surface area contributed by atoms with Gasteiger partial charge in [-0.1, -0.05) is 36.5 Å². The quantitative estimate of drug-likeness (QED) is 0.507. The molecule has 2 aliphatic carbocycles. The highest BCUT2D eigenvalue weighted by Gasteiger charge is 2.17. The summed E-state index contributed by atoms with van der Waals surface area (Å²) in [5, 5.41) is 0. The minimum atomic E-state index is 0.233. The van der Waals surface area contributed by atoms with Gasteiger partial charge < -0.3 is 0 Å². The van der Waals surface area contributed by atoms with Crippen molar-refractivity contribution in [3.63, 3.8) is 0 Å². The molecule has 0 fully saturated rings. The molecule has 0 unspecified atom stereocenters. The summed E-state index contributed by atoms with van der Waals surface area (Å²) in [6, 6.07) is 0. The van der Waals surface area contributed by atoms with Gasteiger partial charge in [-0.2, -0.15) is 0 Å². The summed E-state index contributed by atoms with van der Waals surface area (Å²) in [7, 11) is 0. The second-order valence-electron chi connectivity index (χ2n) is 2.61. The molecule has 1 nitrogen and oxygen atoms in total. The van der Waals surface area contributed by atoms with Crippen LogP contribution in [-0.4, -0.2) is 5.78 Å². The van der Waals surface area contributed by atoms with Crippen LogP contribution in [0.4, 0.5) is 0 Å². The smallest absolute Gasteiger partial charge is 0.167 e. The number of hydrogen-bond donors (Lipinski definition) is 0. The number of ketones is 1. The van der Waals surface area contributed by atoms with Gasteiger partial charge in [0.1, 0.15) is 0 Å². The minimum Gasteiger partial charge on any atom is -0.294 e. The molecule has 0 amide bonds. The molecule has 0 heterocycles. The van der Waals surface area contributed by atoms with E-state index in [1.807, 2.05) is 36.5 Å². The van der Waals surface area contributed by atoms with Crippen LogP contribution in [0.25, 0.3) is 0 Å². The summed E-state index contributed by atoms with van der Waals surface area (Å²) in [5.41, 5.74) is 1.93. The molecule has 0 aromatic heterocycles. The van der Waals surface area contributed by atoms with Crippen LogP contribution < -0.4 is 0 Å². The molecule has 0 atom stereocenters. The van der Waals surface area contributed by atoms with Crippen LogP contribution in [-0.2, 0) is 4.79 Å². The fourth-order valence-electron chi connectivity index (χ4n) is 1.31. The first-order chi connectivity index (χ1) is 5.38. The van der Waals surface area contributed by atoms with Gasteiger partial charge in [0.15, 0.2) is 5.78 Å². The van der Waals surface area contributed by atoms with Crippen molar-refractivity contribution < 1.29 is 4.79 Å². The summed E-state index contributed by atoms with van der Waals surface area (Å²) in [5.74, 6) is 0.233. The third kappa shape index (κ3) is 0.984. The van der Waals surface area contributed by atoms with E-state index in [-0.39, 0.29) is 5.78 Å². The van der Waals surface area contributed by atoms with E-state index in [1.165, 1.54) is 0 Å². The van der Waals surface area contributed by atoms with Crippen molar-refractivity contribution in [1.29, 1.82) is 0 Å². The van der Waals surface area contributed by atoms with Crippen molar-refractivity contribution >= 4 is 5.78 Å². The first-order valence-electron chi connectivity index (χ1n) is 3.67. The number of rotatable bonds is 0. The van der Waals surface area contributed by atoms with Crippen LogP contribution in [0.3, 0.4) is 0 Å². The van der Waals surface area contributed by atoms with Gasteiger partial charge in [-0.3, -0.25) is 4.79 Å². The molecule has 0 aliphatic heterocycles. The second-order valence-corrected chi connectivity index (χ2v) is 2.61. The number of carbonyl (C=O) groups is 1. The molecule has 0 spiro atoms. The number of Topliss-reactive ketones (excluding diaryl/α,β-unsaturated/α-hetero) is 1. The summed E-state index contributed by atoms with van der Waals surface area (Å²) in [6.07, 6.45) is 12.2. The lowest BCUT2D eigenvalue weighted by Gasteiger charge is -1.93. The Hall–Kier alpha value is -1.37. The van der Waals surface area contributed by atoms with Gasteiger partial charge in [0.2, 0.25) is 0 Å². The molecular formula is C10H8O. The molecule has 0 aromatic rings. The maximum absolute atomic E-state index is 11.2. The van der Waals surface area contributed by atoms with Crippen molar-refractivity contribution in [2.75, 3.05) is 0 Å². The number of carbonyl (C=O) groups excluding carboxylic acids is 1. The van der Waals surface area contributed by atoms with E-state index in [9.17, 15) is 4.79 Å². The summed E-state index contributed by atoms with van der Waals surface area (Å²) < 4.78 is 0. The average molecular weight is 144 g/mol. The molecule has 0 bridgehead atoms. The largest absolute Gasteiger partial charge is 0.294 e. The molecule has 0 aromatic carbocycles. The van der Waals surface area contributed by atoms with Crippen molar-refractivity contribution in [3.05, 3.63) is 47.6 Å². The van der Waals surface area contributed by atoms with Crippen LogP contribution in [0.5, 0.6) is 0 Å². The van der Waals surface area contributed by atoms with E-state index in [0.717, 1.165) is 11.1 Å². The van der Waals surface area contributed by atoms with E-state index in [0.29, 0.717) is 6.42 Å². The Labute approximate surface area is 65.4 Å². The highest BCUT2D eigenvalue weighted by Crippen LogP contribution is 2.23. The van der Waals surface area contributed by atoms with Crippen LogP contribution in [0.1, 0.15) is 6.42 Å². The third-order valence-corrected chi connectivity index (χ3v) is 1.88. The number of allylic oxidation sites excluding steroid dienone is 8. The zero-order valence-corrected chi connectivity index (χ0v) is 6.08. The maximum Gasteiger partial charge on any atom is 0.167 e. The average Bonchev–Trinajstić information content (AvgIpc) is 2.25. The first-order valence-corrected chi connectivity index (χ1v) is 3.67. The zero-order chi connectivity index (χ0) is 7.68. The van der Waals surface area contributed by atoms with Crippen molar-refractivity contribution in [1.82, 2.24) is 0 Å². The molecule has 0 N–H and O–H groups in total. The number of fused-ring (bicyclic) bond motifs is 1. The van der Waals surface area contributed by atoms with Crippen LogP contribution in [0.2, 0.25) is 0 Å². The predicted molar refractivity (Wildman–Crippen MR) is 44.1 cm³/mol. The van der Waals surface area contributed by atoms with Gasteiger partial charge in [0, 0.05) is 12.0 Å². The molecular weight excluding hydrogens is 136 g/mol. The van der Waals surface area contributed by atoms with Gasteiger partial charge in [0.25, 0.3) is 0 Å². The van der Waals surface area contributed by atoms with Gasteiger partial charge in [-0.05, 0) is 5.57 Å². The van der Waals surface area contributed by atoms with Gasteiger partial charge in [-0.25, -0.2) is 0 Å². The molecule has 2 aliphatic rings. The Balaban J connectivity index is 2.49. The lowest BCUT2D eigenvalue weighted by Crippen LogP contribution is -1.93. The Bertz CT molecular complexity index is 314. The Morgan fingerprint density at radius 3 is 3.00 bits per heavy atom. The van der Waals surface area contributed by atoms with E-state index < -0.39 is 0 Å². The first kappa shape index (κ1) is 6.35. The zero-order valence-electron chi connectivity index (χ0n) is 6.08. The van der Waals surface area contributed by atoms with Crippen molar-refractivity contribution in [2.24, 2.45) is 0 Å². The lowest BCUT2D eigenvalue weighted by atomic mass is 10.1. The highest BCUT2D eigenvalue weighted by molar-refractivity contribution is 6.04. The second kappa shape index (κ2) is 2.35. The molecule has 0 saturated carbocycles. The van der Waals surface area contributed by atoms with Gasteiger partial charge >= 0.3 is 0 Å². The third-order valence-electron chi connectivity index (χ3n) is 1.88. The fraction of sp³-hybridized carbons (Fsp3) is 0.100. The Morgan fingerprint density at radius 2 is 2.09 bits per heavy atom. The standard InChI is InChI=1S/C10H8O/c11-10-7-6-8-4-2-1-3-5-9(8)10/h1-6H,7H2. The summed E-state index contributed by atoms with van der Waals surface area (Å²) in [4.78, 5) is 11.2.